The van der Waals surface area contributed by atoms with Crippen LogP contribution in [-0.2, 0) is 11.3 Å². The van der Waals surface area contributed by atoms with E-state index >= 15 is 0 Å². The first-order chi connectivity index (χ1) is 9.60. The number of carbonyl (C=O) groups excluding carboxylic acids is 1. The van der Waals surface area contributed by atoms with Gasteiger partial charge in [0.2, 0.25) is 5.91 Å². The highest BCUT2D eigenvalue weighted by molar-refractivity contribution is 5.92. The Hall–Kier alpha value is -2.41. The fourth-order valence-corrected chi connectivity index (χ4v) is 1.68. The number of carbonyl (C=O) groups is 1. The van der Waals surface area contributed by atoms with Crippen molar-refractivity contribution < 1.29 is 9.53 Å². The van der Waals surface area contributed by atoms with Gasteiger partial charge in [-0.15, -0.1) is 0 Å². The number of methoxy groups -OCH3 is 1. The molecular formula is C13H17N5O2. The Morgan fingerprint density at radius 1 is 1.50 bits per heavy atom. The average Bonchev–Trinajstić information content (AvgIpc) is 2.88. The Morgan fingerprint density at radius 3 is 2.90 bits per heavy atom. The summed E-state index contributed by atoms with van der Waals surface area (Å²) < 4.78 is 6.61. The first-order valence-corrected chi connectivity index (χ1v) is 6.18. The summed E-state index contributed by atoms with van der Waals surface area (Å²) in [6.07, 6.45) is 1.49. The second kappa shape index (κ2) is 6.16. The highest BCUT2D eigenvalue weighted by Crippen LogP contribution is 2.22. The molecule has 0 fully saturated rings. The number of benzene rings is 1. The van der Waals surface area contributed by atoms with E-state index in [2.05, 4.69) is 15.4 Å². The van der Waals surface area contributed by atoms with Gasteiger partial charge in [0.15, 0.2) is 5.82 Å². The van der Waals surface area contributed by atoms with Crippen LogP contribution in [0.15, 0.2) is 30.6 Å². The molecule has 0 radical (unpaired) electrons. The number of rotatable bonds is 5. The van der Waals surface area contributed by atoms with E-state index in [4.69, 9.17) is 10.5 Å². The molecule has 7 nitrogen and oxygen atoms in total. The number of hydrogen-bond donors (Lipinski definition) is 2. The summed E-state index contributed by atoms with van der Waals surface area (Å²) in [5, 5.41) is 6.89. The summed E-state index contributed by atoms with van der Waals surface area (Å²) in [5.41, 5.74) is 6.28. The molecule has 0 aliphatic carbocycles. The molecule has 1 aromatic carbocycles. The minimum atomic E-state index is -0.256. The van der Waals surface area contributed by atoms with E-state index in [1.54, 1.807) is 26.2 Å². The van der Waals surface area contributed by atoms with Crippen LogP contribution >= 0.6 is 0 Å². The summed E-state index contributed by atoms with van der Waals surface area (Å²) in [5.74, 6) is 0.904. The van der Waals surface area contributed by atoms with Crippen LogP contribution < -0.4 is 15.8 Å². The molecule has 1 unspecified atom stereocenters. The maximum Gasteiger partial charge on any atom is 0.246 e. The Morgan fingerprint density at radius 2 is 2.25 bits per heavy atom. The molecule has 0 saturated heterocycles. The van der Waals surface area contributed by atoms with Crippen LogP contribution in [0.4, 0.5) is 5.69 Å². The Kier molecular flexibility index (Phi) is 4.31. The third-order valence-electron chi connectivity index (χ3n) is 2.65. The third-order valence-corrected chi connectivity index (χ3v) is 2.65. The molecule has 1 aromatic heterocycles. The predicted molar refractivity (Wildman–Crippen MR) is 74.2 cm³/mol. The third kappa shape index (κ3) is 3.33. The lowest BCUT2D eigenvalue weighted by Gasteiger charge is -2.09. The zero-order valence-corrected chi connectivity index (χ0v) is 11.4. The highest BCUT2D eigenvalue weighted by Gasteiger charge is 2.10. The van der Waals surface area contributed by atoms with Crippen molar-refractivity contribution in [1.29, 1.82) is 0 Å². The standard InChI is InChI=1S/C13H17N5O2/c1-9(14)13-15-8-18(17-13)7-12(19)16-10-5-3-4-6-11(10)20-2/h3-6,8-9H,7,14H2,1-2H3,(H,16,19). The number of ether oxygens (including phenoxy) is 1. The normalized spacial score (nSPS) is 11.9. The fourth-order valence-electron chi connectivity index (χ4n) is 1.68. The van der Waals surface area contributed by atoms with Crippen LogP contribution in [-0.4, -0.2) is 27.8 Å². The molecule has 0 bridgehead atoms. The van der Waals surface area contributed by atoms with Crippen molar-refractivity contribution in [2.75, 3.05) is 12.4 Å². The van der Waals surface area contributed by atoms with Crippen molar-refractivity contribution in [3.8, 4) is 5.75 Å². The molecule has 3 N–H and O–H groups in total. The minimum Gasteiger partial charge on any atom is -0.495 e. The number of nitrogens with one attached hydrogen (secondary N) is 1. The van der Waals surface area contributed by atoms with Crippen molar-refractivity contribution in [3.05, 3.63) is 36.4 Å². The molecule has 0 spiro atoms. The Labute approximate surface area is 116 Å². The molecule has 1 amide bonds. The number of para-hydroxylation sites is 2. The van der Waals surface area contributed by atoms with Crippen molar-refractivity contribution in [2.24, 2.45) is 5.73 Å². The molecule has 0 aliphatic heterocycles. The molecule has 106 valence electrons. The van der Waals surface area contributed by atoms with E-state index in [0.717, 1.165) is 0 Å². The van der Waals surface area contributed by atoms with Crippen LogP contribution in [0.25, 0.3) is 0 Å². The van der Waals surface area contributed by atoms with Crippen LogP contribution in [0, 0.1) is 0 Å². The topological polar surface area (TPSA) is 95.1 Å². The average molecular weight is 275 g/mol. The SMILES string of the molecule is COc1ccccc1NC(=O)Cn1cnc(C(C)N)n1. The molecule has 2 rings (SSSR count). The highest BCUT2D eigenvalue weighted by atomic mass is 16.5. The molecule has 0 aliphatic rings. The molecule has 1 heterocycles. The lowest BCUT2D eigenvalue weighted by Crippen LogP contribution is -2.20. The first-order valence-electron chi connectivity index (χ1n) is 6.18. The number of amides is 1. The molecular weight excluding hydrogens is 258 g/mol. The molecule has 7 heteroatoms. The van der Waals surface area contributed by atoms with Gasteiger partial charge in [0.25, 0.3) is 0 Å². The summed E-state index contributed by atoms with van der Waals surface area (Å²) in [7, 11) is 1.55. The van der Waals surface area contributed by atoms with Gasteiger partial charge in [-0.3, -0.25) is 4.79 Å². The second-order valence-corrected chi connectivity index (χ2v) is 4.34. The zero-order valence-electron chi connectivity index (χ0n) is 11.4. The lowest BCUT2D eigenvalue weighted by atomic mass is 10.3. The van der Waals surface area contributed by atoms with Crippen molar-refractivity contribution in [1.82, 2.24) is 14.8 Å². The number of hydrogen-bond acceptors (Lipinski definition) is 5. The molecule has 2 aromatic rings. The Bertz CT molecular complexity index is 594. The Balaban J connectivity index is 2.01. The van der Waals surface area contributed by atoms with Gasteiger partial charge in [0.05, 0.1) is 18.8 Å². The van der Waals surface area contributed by atoms with E-state index in [0.29, 0.717) is 17.3 Å². The largest absolute Gasteiger partial charge is 0.495 e. The van der Waals surface area contributed by atoms with Crippen LogP contribution in [0.3, 0.4) is 0 Å². The van der Waals surface area contributed by atoms with Crippen LogP contribution in [0.2, 0.25) is 0 Å². The summed E-state index contributed by atoms with van der Waals surface area (Å²) >= 11 is 0. The lowest BCUT2D eigenvalue weighted by molar-refractivity contribution is -0.116. The van der Waals surface area contributed by atoms with E-state index < -0.39 is 0 Å². The number of nitrogens with two attached hydrogens (primary N) is 1. The van der Waals surface area contributed by atoms with E-state index in [1.807, 2.05) is 12.1 Å². The van der Waals surface area contributed by atoms with Gasteiger partial charge in [-0.1, -0.05) is 12.1 Å². The zero-order chi connectivity index (χ0) is 14.5. The maximum atomic E-state index is 11.9. The summed E-state index contributed by atoms with van der Waals surface area (Å²) in [6.45, 7) is 1.85. The summed E-state index contributed by atoms with van der Waals surface area (Å²) in [6, 6.07) is 6.95. The first kappa shape index (κ1) is 14.0. The predicted octanol–water partition coefficient (Wildman–Crippen LogP) is 0.945. The fraction of sp³-hybridized carbons (Fsp3) is 0.308. The molecule has 0 saturated carbocycles. The van der Waals surface area contributed by atoms with Gasteiger partial charge >= 0.3 is 0 Å². The van der Waals surface area contributed by atoms with Crippen molar-refractivity contribution in [2.45, 2.75) is 19.5 Å². The van der Waals surface area contributed by atoms with E-state index in [9.17, 15) is 4.79 Å². The smallest absolute Gasteiger partial charge is 0.246 e. The summed E-state index contributed by atoms with van der Waals surface area (Å²) in [4.78, 5) is 16.0. The number of nitrogens with zero attached hydrogens (tertiary/aromatic N) is 3. The molecule has 1 atom stereocenters. The van der Waals surface area contributed by atoms with Crippen LogP contribution in [0.1, 0.15) is 18.8 Å². The van der Waals surface area contributed by atoms with Gasteiger partial charge in [0, 0.05) is 0 Å². The quantitative estimate of drug-likeness (QED) is 0.847. The van der Waals surface area contributed by atoms with Gasteiger partial charge in [-0.25, -0.2) is 9.67 Å². The van der Waals surface area contributed by atoms with Gasteiger partial charge in [-0.2, -0.15) is 5.10 Å². The maximum absolute atomic E-state index is 11.9. The number of aromatic nitrogens is 3. The van der Waals surface area contributed by atoms with Gasteiger partial charge in [0.1, 0.15) is 18.6 Å². The van der Waals surface area contributed by atoms with Gasteiger partial charge < -0.3 is 15.8 Å². The number of anilines is 1. The van der Waals surface area contributed by atoms with Crippen molar-refractivity contribution in [3.63, 3.8) is 0 Å². The van der Waals surface area contributed by atoms with Crippen molar-refractivity contribution >= 4 is 11.6 Å². The second-order valence-electron chi connectivity index (χ2n) is 4.34. The van der Waals surface area contributed by atoms with Crippen LogP contribution in [0.5, 0.6) is 5.75 Å². The van der Waals surface area contributed by atoms with E-state index in [1.165, 1.54) is 11.0 Å². The molecule has 20 heavy (non-hydrogen) atoms. The van der Waals surface area contributed by atoms with Gasteiger partial charge in [-0.05, 0) is 19.1 Å². The monoisotopic (exact) mass is 275 g/mol. The van der Waals surface area contributed by atoms with E-state index in [-0.39, 0.29) is 18.5 Å². The minimum absolute atomic E-state index is 0.0672.